The maximum absolute atomic E-state index is 10.5. The molecule has 0 aromatic carbocycles. The summed E-state index contributed by atoms with van der Waals surface area (Å²) in [5.41, 5.74) is 0. The first kappa shape index (κ1) is 7.24. The molecule has 0 bridgehead atoms. The molecule has 1 aliphatic heterocycles. The molecule has 1 aliphatic rings. The predicted octanol–water partition coefficient (Wildman–Crippen LogP) is -0.482. The van der Waals surface area contributed by atoms with Crippen molar-refractivity contribution in [1.29, 1.82) is 0 Å². The molecule has 10 heavy (non-hydrogen) atoms. The zero-order valence-electron chi connectivity index (χ0n) is 5.50. The Morgan fingerprint density at radius 1 is 1.70 bits per heavy atom. The average Bonchev–Trinajstić information content (AvgIpc) is 1.54. The van der Waals surface area contributed by atoms with Crippen molar-refractivity contribution in [3.05, 3.63) is 11.8 Å². The molecule has 0 saturated heterocycles. The van der Waals surface area contributed by atoms with Gasteiger partial charge in [0.1, 0.15) is 12.2 Å². The molecule has 0 saturated carbocycles. The fourth-order valence-electron chi connectivity index (χ4n) is 0.834. The molecule has 4 nitrogen and oxygen atoms in total. The normalized spacial score (nSPS) is 23.5. The van der Waals surface area contributed by atoms with Crippen LogP contribution in [0.5, 0.6) is 0 Å². The lowest BCUT2D eigenvalue weighted by molar-refractivity contribution is -0.170. The van der Waals surface area contributed by atoms with Crippen LogP contribution in [-0.2, 0) is 9.53 Å². The van der Waals surface area contributed by atoms with Crippen molar-refractivity contribution >= 4 is 5.97 Å². The lowest BCUT2D eigenvalue weighted by Crippen LogP contribution is -2.33. The second-order valence-corrected chi connectivity index (χ2v) is 2.28. The van der Waals surface area contributed by atoms with Gasteiger partial charge in [-0.15, -0.1) is 0 Å². The van der Waals surface area contributed by atoms with Crippen molar-refractivity contribution in [2.24, 2.45) is 0 Å². The van der Waals surface area contributed by atoms with Gasteiger partial charge >= 0.3 is 5.97 Å². The highest BCUT2D eigenvalue weighted by Crippen LogP contribution is 2.18. The van der Waals surface area contributed by atoms with E-state index in [2.05, 4.69) is 4.74 Å². The molecule has 0 unspecified atom stereocenters. The number of rotatable bonds is 0. The van der Waals surface area contributed by atoms with Gasteiger partial charge in [0.2, 0.25) is 0 Å². The lowest BCUT2D eigenvalue weighted by atomic mass is 10.1. The SMILES string of the molecule is CC1=CC(O)(O)CC(=O)O1. The van der Waals surface area contributed by atoms with Crippen molar-refractivity contribution in [3.63, 3.8) is 0 Å². The minimum absolute atomic E-state index is 0.223. The number of hydrogen-bond acceptors (Lipinski definition) is 4. The van der Waals surface area contributed by atoms with Gasteiger partial charge in [-0.05, 0) is 6.92 Å². The highest BCUT2D eigenvalue weighted by molar-refractivity contribution is 5.73. The van der Waals surface area contributed by atoms with Gasteiger partial charge in [0.15, 0.2) is 5.79 Å². The zero-order chi connectivity index (χ0) is 7.78. The largest absolute Gasteiger partial charge is 0.431 e. The number of aliphatic hydroxyl groups is 2. The van der Waals surface area contributed by atoms with Crippen LogP contribution in [0.25, 0.3) is 0 Å². The molecule has 2 N–H and O–H groups in total. The summed E-state index contributed by atoms with van der Waals surface area (Å²) in [5.74, 6) is -2.41. The molecule has 1 rings (SSSR count). The van der Waals surface area contributed by atoms with E-state index in [4.69, 9.17) is 10.2 Å². The van der Waals surface area contributed by atoms with Crippen LogP contribution in [0.3, 0.4) is 0 Å². The quantitative estimate of drug-likeness (QED) is 0.356. The predicted molar refractivity (Wildman–Crippen MR) is 31.6 cm³/mol. The van der Waals surface area contributed by atoms with Gasteiger partial charge in [-0.25, -0.2) is 0 Å². The van der Waals surface area contributed by atoms with Crippen molar-refractivity contribution in [2.75, 3.05) is 0 Å². The first-order valence-corrected chi connectivity index (χ1v) is 2.84. The Balaban J connectivity index is 2.83. The Bertz CT molecular complexity index is 192. The summed E-state index contributed by atoms with van der Waals surface area (Å²) < 4.78 is 4.52. The van der Waals surface area contributed by atoms with E-state index in [1.165, 1.54) is 6.92 Å². The molecule has 0 aliphatic carbocycles. The molecule has 56 valence electrons. The first-order chi connectivity index (χ1) is 4.49. The van der Waals surface area contributed by atoms with E-state index in [-0.39, 0.29) is 5.76 Å². The number of ether oxygens (including phenoxy) is 1. The lowest BCUT2D eigenvalue weighted by Gasteiger charge is -2.21. The third kappa shape index (κ3) is 1.55. The molecule has 0 aromatic rings. The highest BCUT2D eigenvalue weighted by atomic mass is 16.6. The Hall–Kier alpha value is -0.870. The molecule has 0 amide bonds. The topological polar surface area (TPSA) is 66.8 Å². The van der Waals surface area contributed by atoms with Gasteiger partial charge < -0.3 is 14.9 Å². The summed E-state index contributed by atoms with van der Waals surface area (Å²) in [6.07, 6.45) is 0.693. The summed E-state index contributed by atoms with van der Waals surface area (Å²) in [5, 5.41) is 17.8. The number of hydrogen-bond donors (Lipinski definition) is 2. The van der Waals surface area contributed by atoms with Crippen molar-refractivity contribution < 1.29 is 19.7 Å². The van der Waals surface area contributed by atoms with Gasteiger partial charge in [0.05, 0.1) is 0 Å². The number of carbonyl (C=O) groups is 1. The third-order valence-electron chi connectivity index (χ3n) is 1.11. The molecule has 0 radical (unpaired) electrons. The van der Waals surface area contributed by atoms with Crippen LogP contribution in [0.1, 0.15) is 13.3 Å². The van der Waals surface area contributed by atoms with Crippen molar-refractivity contribution in [3.8, 4) is 0 Å². The van der Waals surface area contributed by atoms with E-state index < -0.39 is 18.2 Å². The van der Waals surface area contributed by atoms with Crippen molar-refractivity contribution in [1.82, 2.24) is 0 Å². The Morgan fingerprint density at radius 3 is 2.70 bits per heavy atom. The smallest absolute Gasteiger partial charge is 0.316 e. The summed E-state index contributed by atoms with van der Waals surface area (Å²) >= 11 is 0. The highest BCUT2D eigenvalue weighted by Gasteiger charge is 2.30. The molecule has 0 atom stereocenters. The van der Waals surface area contributed by atoms with Gasteiger partial charge in [-0.2, -0.15) is 0 Å². The maximum atomic E-state index is 10.5. The van der Waals surface area contributed by atoms with E-state index in [1.807, 2.05) is 0 Å². The summed E-state index contributed by atoms with van der Waals surface area (Å²) in [6.45, 7) is 1.48. The summed E-state index contributed by atoms with van der Waals surface area (Å²) in [4.78, 5) is 10.5. The molecular formula is C6H8O4. The van der Waals surface area contributed by atoms with Gasteiger partial charge in [0, 0.05) is 6.08 Å². The third-order valence-corrected chi connectivity index (χ3v) is 1.11. The molecule has 0 fully saturated rings. The fourth-order valence-corrected chi connectivity index (χ4v) is 0.834. The van der Waals surface area contributed by atoms with E-state index in [9.17, 15) is 4.79 Å². The van der Waals surface area contributed by atoms with E-state index in [0.717, 1.165) is 6.08 Å². The van der Waals surface area contributed by atoms with Gasteiger partial charge in [-0.3, -0.25) is 4.79 Å². The Labute approximate surface area is 57.7 Å². The monoisotopic (exact) mass is 144 g/mol. The molecule has 0 spiro atoms. The Kier molecular flexibility index (Phi) is 1.50. The maximum Gasteiger partial charge on any atom is 0.316 e. The van der Waals surface area contributed by atoms with Crippen LogP contribution >= 0.6 is 0 Å². The standard InChI is InChI=1S/C6H8O4/c1-4-2-6(8,9)3-5(7)10-4/h2,8-9H,3H2,1H3. The van der Waals surface area contributed by atoms with Crippen LogP contribution in [0, 0.1) is 0 Å². The molecule has 0 aromatic heterocycles. The fraction of sp³-hybridized carbons (Fsp3) is 0.500. The van der Waals surface area contributed by atoms with Crippen LogP contribution in [0.15, 0.2) is 11.8 Å². The second-order valence-electron chi connectivity index (χ2n) is 2.28. The van der Waals surface area contributed by atoms with Gasteiger partial charge in [0.25, 0.3) is 0 Å². The number of cyclic esters (lactones) is 1. The van der Waals surface area contributed by atoms with Gasteiger partial charge in [-0.1, -0.05) is 0 Å². The van der Waals surface area contributed by atoms with Crippen LogP contribution < -0.4 is 0 Å². The van der Waals surface area contributed by atoms with E-state index in [1.54, 1.807) is 0 Å². The summed E-state index contributed by atoms with van der Waals surface area (Å²) in [7, 11) is 0. The number of allylic oxidation sites excluding steroid dienone is 1. The summed E-state index contributed by atoms with van der Waals surface area (Å²) in [6, 6.07) is 0. The van der Waals surface area contributed by atoms with E-state index >= 15 is 0 Å². The first-order valence-electron chi connectivity index (χ1n) is 2.84. The number of esters is 1. The van der Waals surface area contributed by atoms with Crippen molar-refractivity contribution in [2.45, 2.75) is 19.1 Å². The Morgan fingerprint density at radius 2 is 2.30 bits per heavy atom. The average molecular weight is 144 g/mol. The second kappa shape index (κ2) is 2.07. The minimum atomic E-state index is -2.01. The van der Waals surface area contributed by atoms with Crippen LogP contribution in [0.2, 0.25) is 0 Å². The van der Waals surface area contributed by atoms with E-state index in [0.29, 0.717) is 0 Å². The van der Waals surface area contributed by atoms with Crippen LogP contribution in [0.4, 0.5) is 0 Å². The molecular weight excluding hydrogens is 136 g/mol. The van der Waals surface area contributed by atoms with Crippen LogP contribution in [-0.4, -0.2) is 22.0 Å². The molecule has 1 heterocycles. The number of carbonyl (C=O) groups excluding carboxylic acids is 1. The molecule has 4 heteroatoms. The minimum Gasteiger partial charge on any atom is -0.431 e. The zero-order valence-corrected chi connectivity index (χ0v) is 5.50.